The van der Waals surface area contributed by atoms with E-state index in [0.717, 1.165) is 22.4 Å². The van der Waals surface area contributed by atoms with Crippen molar-refractivity contribution in [1.82, 2.24) is 30.0 Å². The maximum absolute atomic E-state index is 14.1. The van der Waals surface area contributed by atoms with E-state index in [1.54, 1.807) is 12.4 Å². The zero-order valence-corrected chi connectivity index (χ0v) is 18.9. The molecule has 5 rings (SSSR count). The number of likely N-dealkylation sites (tertiary alicyclic amines) is 1. The van der Waals surface area contributed by atoms with Crippen molar-refractivity contribution in [3.05, 3.63) is 53.7 Å². The maximum Gasteiger partial charge on any atom is 0.274 e. The minimum absolute atomic E-state index is 0.0955. The van der Waals surface area contributed by atoms with Crippen LogP contribution in [0.5, 0.6) is 0 Å². The second kappa shape index (κ2) is 8.07. The average molecular weight is 451 g/mol. The number of halogens is 1. The molecule has 1 aliphatic rings. The largest absolute Gasteiger partial charge is 0.336 e. The lowest BCUT2D eigenvalue weighted by Crippen LogP contribution is -2.34. The summed E-state index contributed by atoms with van der Waals surface area (Å²) in [6.07, 6.45) is 4.36. The van der Waals surface area contributed by atoms with Gasteiger partial charge in [0.15, 0.2) is 0 Å². The number of thiazole rings is 1. The van der Waals surface area contributed by atoms with Crippen LogP contribution < -0.4 is 0 Å². The van der Waals surface area contributed by atoms with Gasteiger partial charge in [0.25, 0.3) is 5.91 Å². The zero-order chi connectivity index (χ0) is 22.4. The van der Waals surface area contributed by atoms with Crippen LogP contribution in [0.15, 0.2) is 36.7 Å². The van der Waals surface area contributed by atoms with Crippen LogP contribution in [0.25, 0.3) is 32.0 Å². The number of amides is 1. The molecular weight excluding hydrogens is 427 g/mol. The average Bonchev–Trinajstić information content (AvgIpc) is 3.51. The van der Waals surface area contributed by atoms with Crippen LogP contribution in [0, 0.1) is 12.7 Å². The summed E-state index contributed by atoms with van der Waals surface area (Å²) in [5, 5.41) is 8.62. The van der Waals surface area contributed by atoms with E-state index in [0.29, 0.717) is 46.4 Å². The van der Waals surface area contributed by atoms with Gasteiger partial charge in [0.2, 0.25) is 0 Å². The number of aromatic amines is 1. The highest BCUT2D eigenvalue weighted by molar-refractivity contribution is 7.18. The quantitative estimate of drug-likeness (QED) is 0.509. The number of rotatable bonds is 4. The van der Waals surface area contributed by atoms with Crippen molar-refractivity contribution in [3.8, 4) is 21.1 Å². The van der Waals surface area contributed by atoms with E-state index in [-0.39, 0.29) is 11.7 Å². The van der Waals surface area contributed by atoms with Crippen LogP contribution in [0.3, 0.4) is 0 Å². The molecule has 9 heteroatoms. The van der Waals surface area contributed by atoms with E-state index in [9.17, 15) is 9.18 Å². The molecule has 0 spiro atoms. The fraction of sp³-hybridized carbons (Fsp3) is 0.304. The topological polar surface area (TPSA) is 78.0 Å². The van der Waals surface area contributed by atoms with Crippen molar-refractivity contribution in [2.75, 3.05) is 27.2 Å². The minimum atomic E-state index is -0.329. The first-order chi connectivity index (χ1) is 15.4. The molecule has 7 nitrogen and oxygen atoms in total. The van der Waals surface area contributed by atoms with E-state index in [2.05, 4.69) is 20.1 Å². The first-order valence-electron chi connectivity index (χ1n) is 10.4. The number of likely N-dealkylation sites (N-methyl/N-ethyl adjacent to an activating group) is 1. The van der Waals surface area contributed by atoms with Crippen LogP contribution >= 0.6 is 11.3 Å². The number of carbonyl (C=O) groups is 1. The molecule has 1 saturated heterocycles. The van der Waals surface area contributed by atoms with Gasteiger partial charge in [-0.05, 0) is 51.2 Å². The van der Waals surface area contributed by atoms with Gasteiger partial charge >= 0.3 is 0 Å². The van der Waals surface area contributed by atoms with Gasteiger partial charge in [0.05, 0.1) is 10.4 Å². The summed E-state index contributed by atoms with van der Waals surface area (Å²) >= 11 is 1.39. The summed E-state index contributed by atoms with van der Waals surface area (Å²) in [6.45, 7) is 3.18. The molecule has 1 amide bonds. The van der Waals surface area contributed by atoms with Crippen molar-refractivity contribution in [1.29, 1.82) is 0 Å². The molecule has 32 heavy (non-hydrogen) atoms. The number of pyridine rings is 1. The Morgan fingerprint density at radius 2 is 2.19 bits per heavy atom. The number of H-pyrrole nitrogens is 1. The number of fused-ring (bicyclic) bond motifs is 1. The van der Waals surface area contributed by atoms with Gasteiger partial charge in [-0.3, -0.25) is 14.9 Å². The predicted octanol–water partition coefficient (Wildman–Crippen LogP) is 3.97. The van der Waals surface area contributed by atoms with Crippen molar-refractivity contribution < 1.29 is 9.18 Å². The molecule has 4 heterocycles. The van der Waals surface area contributed by atoms with E-state index in [1.807, 2.05) is 38.1 Å². The summed E-state index contributed by atoms with van der Waals surface area (Å²) in [5.74, 6) is -0.424. The van der Waals surface area contributed by atoms with Gasteiger partial charge < -0.3 is 9.80 Å². The van der Waals surface area contributed by atoms with Crippen LogP contribution in [0.2, 0.25) is 0 Å². The number of carbonyl (C=O) groups excluding carboxylic acids is 1. The fourth-order valence-electron chi connectivity index (χ4n) is 4.17. The zero-order valence-electron chi connectivity index (χ0n) is 18.1. The molecule has 0 aliphatic carbocycles. The normalized spacial score (nSPS) is 16.4. The molecule has 0 bridgehead atoms. The second-order valence-electron chi connectivity index (χ2n) is 8.31. The van der Waals surface area contributed by atoms with E-state index in [4.69, 9.17) is 4.98 Å². The molecule has 1 aromatic carbocycles. The Bertz CT molecular complexity index is 1300. The van der Waals surface area contributed by atoms with Gasteiger partial charge in [-0.15, -0.1) is 11.3 Å². The molecule has 0 unspecified atom stereocenters. The number of aryl methyl sites for hydroxylation is 1. The van der Waals surface area contributed by atoms with Gasteiger partial charge in [0.1, 0.15) is 22.2 Å². The number of benzene rings is 1. The molecule has 1 aliphatic heterocycles. The highest BCUT2D eigenvalue weighted by atomic mass is 32.1. The summed E-state index contributed by atoms with van der Waals surface area (Å²) in [4.78, 5) is 27.2. The molecule has 164 valence electrons. The van der Waals surface area contributed by atoms with Crippen LogP contribution in [-0.2, 0) is 0 Å². The standard InChI is InChI=1S/C23H23FN6OS/c1-13-9-15(24)10-17-18(13)27-28-19(17)22-26-20(21(32-22)14-5-4-7-25-11-14)23(31)30-8-6-16(12-30)29(2)3/h4-5,7,9-11,16H,6,8,12H2,1-3H3,(H,27,28)/t16-/m0/s1. The summed E-state index contributed by atoms with van der Waals surface area (Å²) in [5.41, 5.74) is 3.28. The van der Waals surface area contributed by atoms with Gasteiger partial charge in [-0.1, -0.05) is 6.07 Å². The lowest BCUT2D eigenvalue weighted by molar-refractivity contribution is 0.0779. The number of aromatic nitrogens is 4. The molecule has 1 atom stereocenters. The van der Waals surface area contributed by atoms with Crippen molar-refractivity contribution >= 4 is 28.1 Å². The second-order valence-corrected chi connectivity index (χ2v) is 9.31. The Morgan fingerprint density at radius 1 is 1.34 bits per heavy atom. The third-order valence-corrected chi connectivity index (χ3v) is 7.08. The highest BCUT2D eigenvalue weighted by Crippen LogP contribution is 2.38. The Labute approximate surface area is 188 Å². The Kier molecular flexibility index (Phi) is 5.22. The van der Waals surface area contributed by atoms with Gasteiger partial charge in [0, 0.05) is 42.5 Å². The number of hydrogen-bond donors (Lipinski definition) is 1. The molecule has 0 saturated carbocycles. The van der Waals surface area contributed by atoms with Crippen molar-refractivity contribution in [2.24, 2.45) is 0 Å². The van der Waals surface area contributed by atoms with E-state index < -0.39 is 0 Å². The third kappa shape index (κ3) is 3.57. The number of nitrogens with one attached hydrogen (secondary N) is 1. The summed E-state index contributed by atoms with van der Waals surface area (Å²) in [7, 11) is 4.07. The lowest BCUT2D eigenvalue weighted by atomic mass is 10.1. The number of nitrogens with zero attached hydrogens (tertiary/aromatic N) is 5. The smallest absolute Gasteiger partial charge is 0.274 e. The van der Waals surface area contributed by atoms with Gasteiger partial charge in [-0.25, -0.2) is 9.37 Å². The van der Waals surface area contributed by atoms with Gasteiger partial charge in [-0.2, -0.15) is 5.10 Å². The minimum Gasteiger partial charge on any atom is -0.336 e. The van der Waals surface area contributed by atoms with Crippen LogP contribution in [0.1, 0.15) is 22.5 Å². The van der Waals surface area contributed by atoms with Crippen molar-refractivity contribution in [2.45, 2.75) is 19.4 Å². The molecule has 4 aromatic rings. The van der Waals surface area contributed by atoms with Crippen LogP contribution in [-0.4, -0.2) is 69.1 Å². The summed E-state index contributed by atoms with van der Waals surface area (Å²) < 4.78 is 14.1. The first kappa shape index (κ1) is 20.7. The predicted molar refractivity (Wildman–Crippen MR) is 123 cm³/mol. The lowest BCUT2D eigenvalue weighted by Gasteiger charge is -2.20. The molecular formula is C23H23FN6OS. The fourth-order valence-corrected chi connectivity index (χ4v) is 5.23. The Hall–Kier alpha value is -3.17. The number of hydrogen-bond acceptors (Lipinski definition) is 6. The van der Waals surface area contributed by atoms with Crippen LogP contribution in [0.4, 0.5) is 4.39 Å². The third-order valence-electron chi connectivity index (χ3n) is 5.96. The molecule has 1 fully saturated rings. The molecule has 0 radical (unpaired) electrons. The first-order valence-corrected chi connectivity index (χ1v) is 11.3. The monoisotopic (exact) mass is 450 g/mol. The summed E-state index contributed by atoms with van der Waals surface area (Å²) in [6, 6.07) is 7.00. The molecule has 1 N–H and O–H groups in total. The van der Waals surface area contributed by atoms with Crippen molar-refractivity contribution in [3.63, 3.8) is 0 Å². The van der Waals surface area contributed by atoms with E-state index >= 15 is 0 Å². The highest BCUT2D eigenvalue weighted by Gasteiger charge is 2.32. The Balaban J connectivity index is 1.61. The van der Waals surface area contributed by atoms with E-state index in [1.165, 1.54) is 23.5 Å². The Morgan fingerprint density at radius 3 is 2.91 bits per heavy atom. The molecule has 3 aromatic heterocycles. The SMILES string of the molecule is Cc1cc(F)cc2c(-c3nc(C(=O)N4CC[C@H](N(C)C)C4)c(-c4cccnc4)s3)[nH]nc12. The maximum atomic E-state index is 14.1.